The average Bonchev–Trinajstić information content (AvgIpc) is 2.66. The predicted octanol–water partition coefficient (Wildman–Crippen LogP) is 8.76. The molecule has 0 N–H and O–H groups in total. The van der Waals surface area contributed by atoms with E-state index in [0.29, 0.717) is 13.0 Å². The highest BCUT2D eigenvalue weighted by Gasteiger charge is 2.00. The largest absolute Gasteiger partial charge is 0.466 e. The summed E-state index contributed by atoms with van der Waals surface area (Å²) in [5.41, 5.74) is 0. The normalized spacial score (nSPS) is 11.0. The molecule has 0 saturated heterocycles. The van der Waals surface area contributed by atoms with Gasteiger partial charge in [0, 0.05) is 6.42 Å². The fourth-order valence-electron chi connectivity index (χ4n) is 3.76. The maximum atomic E-state index is 11.2. The van der Waals surface area contributed by atoms with Crippen molar-refractivity contribution in [2.24, 2.45) is 0 Å². The zero-order valence-electron chi connectivity index (χ0n) is 18.9. The molecule has 0 aromatic rings. The smallest absolute Gasteiger partial charge is 0.305 e. The van der Waals surface area contributed by atoms with Crippen molar-refractivity contribution in [3.05, 3.63) is 0 Å². The lowest BCUT2D eigenvalue weighted by atomic mass is 10.0. The van der Waals surface area contributed by atoms with E-state index in [4.69, 9.17) is 4.74 Å². The van der Waals surface area contributed by atoms with Gasteiger partial charge < -0.3 is 4.74 Å². The molecule has 0 atom stereocenters. The minimum absolute atomic E-state index is 0.0279. The van der Waals surface area contributed by atoms with E-state index < -0.39 is 0 Å². The Hall–Kier alpha value is -0.530. The van der Waals surface area contributed by atoms with Crippen LogP contribution < -0.4 is 0 Å². The van der Waals surface area contributed by atoms with Gasteiger partial charge >= 0.3 is 5.97 Å². The first-order chi connectivity index (χ1) is 13.3. The van der Waals surface area contributed by atoms with Crippen LogP contribution in [0, 0.1) is 0 Å². The van der Waals surface area contributed by atoms with Crippen molar-refractivity contribution in [3.8, 4) is 0 Å². The third kappa shape index (κ3) is 23.4. The molecule has 162 valence electrons. The summed E-state index contributed by atoms with van der Waals surface area (Å²) in [6.45, 7) is 4.67. The number of hydrogen-bond donors (Lipinski definition) is 0. The van der Waals surface area contributed by atoms with Gasteiger partial charge in [0.25, 0.3) is 0 Å². The average molecular weight is 383 g/mol. The molecule has 0 aliphatic carbocycles. The Kier molecular flexibility index (Phi) is 23.0. The van der Waals surface area contributed by atoms with E-state index >= 15 is 0 Å². The van der Waals surface area contributed by atoms with Crippen molar-refractivity contribution in [2.45, 2.75) is 149 Å². The Balaban J connectivity index is 3.02. The monoisotopic (exact) mass is 382 g/mol. The minimum atomic E-state index is -0.0279. The molecule has 0 amide bonds. The first kappa shape index (κ1) is 26.5. The van der Waals surface area contributed by atoms with Gasteiger partial charge in [0.05, 0.1) is 6.61 Å². The minimum Gasteiger partial charge on any atom is -0.466 e. The highest BCUT2D eigenvalue weighted by atomic mass is 16.5. The third-order valence-electron chi connectivity index (χ3n) is 5.54. The van der Waals surface area contributed by atoms with Crippen LogP contribution in [-0.2, 0) is 9.53 Å². The van der Waals surface area contributed by atoms with E-state index in [1.165, 1.54) is 122 Å². The second-order valence-electron chi connectivity index (χ2n) is 8.27. The fourth-order valence-corrected chi connectivity index (χ4v) is 3.76. The van der Waals surface area contributed by atoms with Crippen LogP contribution in [0.4, 0.5) is 0 Å². The SMILES string of the molecule is CCCCCCCCCCCCCCCCCCCCCCC(=O)OCC. The van der Waals surface area contributed by atoms with Crippen LogP contribution in [0.3, 0.4) is 0 Å². The number of unbranched alkanes of at least 4 members (excludes halogenated alkanes) is 19. The summed E-state index contributed by atoms with van der Waals surface area (Å²) in [6.07, 6.45) is 28.4. The Labute approximate surface area is 171 Å². The molecule has 0 unspecified atom stereocenters. The van der Waals surface area contributed by atoms with Gasteiger partial charge in [0.2, 0.25) is 0 Å². The van der Waals surface area contributed by atoms with Crippen molar-refractivity contribution in [2.75, 3.05) is 6.61 Å². The topological polar surface area (TPSA) is 26.3 Å². The van der Waals surface area contributed by atoms with Gasteiger partial charge in [-0.25, -0.2) is 0 Å². The molecule has 2 nitrogen and oxygen atoms in total. The third-order valence-corrected chi connectivity index (χ3v) is 5.54. The van der Waals surface area contributed by atoms with Gasteiger partial charge in [-0.3, -0.25) is 4.79 Å². The molecular weight excluding hydrogens is 332 g/mol. The molecule has 0 spiro atoms. The summed E-state index contributed by atoms with van der Waals surface area (Å²) in [6, 6.07) is 0. The Morgan fingerprint density at radius 3 is 1.07 bits per heavy atom. The predicted molar refractivity (Wildman–Crippen MR) is 119 cm³/mol. The summed E-state index contributed by atoms with van der Waals surface area (Å²) < 4.78 is 4.94. The molecule has 0 heterocycles. The maximum absolute atomic E-state index is 11.2. The van der Waals surface area contributed by atoms with Gasteiger partial charge in [-0.05, 0) is 13.3 Å². The second kappa shape index (κ2) is 23.5. The van der Waals surface area contributed by atoms with Crippen LogP contribution in [0.5, 0.6) is 0 Å². The summed E-state index contributed by atoms with van der Waals surface area (Å²) in [5.74, 6) is -0.0279. The quantitative estimate of drug-likeness (QED) is 0.138. The van der Waals surface area contributed by atoms with Crippen LogP contribution in [0.2, 0.25) is 0 Å². The zero-order chi connectivity index (χ0) is 19.8. The van der Waals surface area contributed by atoms with E-state index in [0.717, 1.165) is 6.42 Å². The van der Waals surface area contributed by atoms with Gasteiger partial charge in [-0.15, -0.1) is 0 Å². The summed E-state index contributed by atoms with van der Waals surface area (Å²) in [7, 11) is 0. The van der Waals surface area contributed by atoms with Gasteiger partial charge in [0.1, 0.15) is 0 Å². The Morgan fingerprint density at radius 1 is 0.481 bits per heavy atom. The lowest BCUT2D eigenvalue weighted by molar-refractivity contribution is -0.143. The number of esters is 1. The molecular formula is C25H50O2. The molecule has 0 aliphatic heterocycles. The van der Waals surface area contributed by atoms with Gasteiger partial charge in [-0.2, -0.15) is 0 Å². The molecule has 0 radical (unpaired) electrons. The van der Waals surface area contributed by atoms with Crippen LogP contribution in [-0.4, -0.2) is 12.6 Å². The molecule has 0 aromatic heterocycles. The van der Waals surface area contributed by atoms with Crippen molar-refractivity contribution < 1.29 is 9.53 Å². The molecule has 0 bridgehead atoms. The fraction of sp³-hybridized carbons (Fsp3) is 0.960. The van der Waals surface area contributed by atoms with Crippen LogP contribution >= 0.6 is 0 Å². The van der Waals surface area contributed by atoms with E-state index in [-0.39, 0.29) is 5.97 Å². The highest BCUT2D eigenvalue weighted by molar-refractivity contribution is 5.69. The second-order valence-corrected chi connectivity index (χ2v) is 8.27. The molecule has 27 heavy (non-hydrogen) atoms. The molecule has 0 rings (SSSR count). The highest BCUT2D eigenvalue weighted by Crippen LogP contribution is 2.15. The maximum Gasteiger partial charge on any atom is 0.305 e. The Morgan fingerprint density at radius 2 is 0.778 bits per heavy atom. The molecule has 2 heteroatoms. The van der Waals surface area contributed by atoms with E-state index in [9.17, 15) is 4.79 Å². The lowest BCUT2D eigenvalue weighted by Crippen LogP contribution is -2.03. The van der Waals surface area contributed by atoms with Crippen molar-refractivity contribution >= 4 is 5.97 Å². The van der Waals surface area contributed by atoms with Crippen LogP contribution in [0.25, 0.3) is 0 Å². The number of rotatable bonds is 22. The van der Waals surface area contributed by atoms with Crippen LogP contribution in [0.15, 0.2) is 0 Å². The van der Waals surface area contributed by atoms with Crippen molar-refractivity contribution in [3.63, 3.8) is 0 Å². The first-order valence-electron chi connectivity index (χ1n) is 12.5. The van der Waals surface area contributed by atoms with Crippen molar-refractivity contribution in [1.29, 1.82) is 0 Å². The zero-order valence-corrected chi connectivity index (χ0v) is 18.9. The van der Waals surface area contributed by atoms with Gasteiger partial charge in [0.15, 0.2) is 0 Å². The first-order valence-corrected chi connectivity index (χ1v) is 12.5. The number of carbonyl (C=O) groups excluding carboxylic acids is 1. The number of ether oxygens (including phenoxy) is 1. The van der Waals surface area contributed by atoms with Crippen molar-refractivity contribution in [1.82, 2.24) is 0 Å². The molecule has 0 aliphatic rings. The van der Waals surface area contributed by atoms with E-state index in [2.05, 4.69) is 6.92 Å². The summed E-state index contributed by atoms with van der Waals surface area (Å²) in [5, 5.41) is 0. The molecule has 0 aromatic carbocycles. The van der Waals surface area contributed by atoms with E-state index in [1.807, 2.05) is 6.92 Å². The number of hydrogen-bond acceptors (Lipinski definition) is 2. The van der Waals surface area contributed by atoms with Gasteiger partial charge in [-0.1, -0.05) is 129 Å². The van der Waals surface area contributed by atoms with Crippen LogP contribution in [0.1, 0.15) is 149 Å². The summed E-state index contributed by atoms with van der Waals surface area (Å²) in [4.78, 5) is 11.2. The molecule has 0 saturated carbocycles. The molecule has 0 fully saturated rings. The standard InChI is InChI=1S/C25H50O2/c1-3-5-6-7-8-9-10-11-12-13-14-15-16-17-18-19-20-21-22-23-24-25(26)27-4-2/h3-24H2,1-2H3. The Bertz CT molecular complexity index is 288. The lowest BCUT2D eigenvalue weighted by Gasteiger charge is -2.04. The number of carbonyl (C=O) groups is 1. The van der Waals surface area contributed by atoms with E-state index in [1.54, 1.807) is 0 Å². The summed E-state index contributed by atoms with van der Waals surface area (Å²) >= 11 is 0.